The number of nitrogens with one attached hydrogen (secondary N) is 1. The minimum atomic E-state index is 0.227. The molecule has 7 nitrogen and oxygen atoms in total. The zero-order chi connectivity index (χ0) is 17.5. The molecule has 0 bridgehead atoms. The third-order valence-corrected chi connectivity index (χ3v) is 3.58. The molecule has 0 radical (unpaired) electrons. The van der Waals surface area contributed by atoms with E-state index in [0.717, 1.165) is 16.8 Å². The maximum Gasteiger partial charge on any atom is 0.211 e. The van der Waals surface area contributed by atoms with Crippen molar-refractivity contribution in [3.63, 3.8) is 0 Å². The fourth-order valence-corrected chi connectivity index (χ4v) is 2.21. The lowest BCUT2D eigenvalue weighted by molar-refractivity contribution is 0.130. The van der Waals surface area contributed by atoms with E-state index in [1.807, 2.05) is 43.3 Å². The molecular weight excluding hydrogens is 318 g/mol. The Hall–Kier alpha value is -3.22. The minimum absolute atomic E-state index is 0.227. The number of hydrogen-bond acceptors (Lipinski definition) is 6. The zero-order valence-electron chi connectivity index (χ0n) is 14.1. The Morgan fingerprint density at radius 3 is 2.64 bits per heavy atom. The molecule has 0 saturated heterocycles. The first-order valence-electron chi connectivity index (χ1n) is 7.89. The minimum Gasteiger partial charge on any atom is -0.485 e. The molecule has 0 fully saturated rings. The summed E-state index contributed by atoms with van der Waals surface area (Å²) in [6.07, 6.45) is 0. The molecule has 1 heterocycles. The van der Waals surface area contributed by atoms with E-state index in [-0.39, 0.29) is 6.61 Å². The van der Waals surface area contributed by atoms with Gasteiger partial charge in [0.1, 0.15) is 12.4 Å². The summed E-state index contributed by atoms with van der Waals surface area (Å²) in [7, 11) is 0. The van der Waals surface area contributed by atoms with E-state index in [1.165, 1.54) is 5.56 Å². The molecular formula is C18H19N5O2. The van der Waals surface area contributed by atoms with E-state index in [9.17, 15) is 0 Å². The lowest BCUT2D eigenvalue weighted by Gasteiger charge is -2.10. The van der Waals surface area contributed by atoms with Gasteiger partial charge in [-0.05, 0) is 31.5 Å². The van der Waals surface area contributed by atoms with Gasteiger partial charge in [0.2, 0.25) is 5.82 Å². The number of H-pyrrole nitrogens is 1. The largest absolute Gasteiger partial charge is 0.485 e. The van der Waals surface area contributed by atoms with Crippen molar-refractivity contribution >= 4 is 5.71 Å². The number of ether oxygens (including phenoxy) is 1. The Kier molecular flexibility index (Phi) is 5.36. The molecule has 1 N–H and O–H groups in total. The van der Waals surface area contributed by atoms with E-state index in [4.69, 9.17) is 9.57 Å². The number of rotatable bonds is 7. The van der Waals surface area contributed by atoms with Gasteiger partial charge in [-0.2, -0.15) is 5.21 Å². The predicted molar refractivity (Wildman–Crippen MR) is 93.1 cm³/mol. The first-order valence-corrected chi connectivity index (χ1v) is 7.89. The first kappa shape index (κ1) is 16.6. The van der Waals surface area contributed by atoms with Crippen LogP contribution in [-0.4, -0.2) is 26.3 Å². The molecule has 25 heavy (non-hydrogen) atoms. The van der Waals surface area contributed by atoms with Crippen LogP contribution in [0.25, 0.3) is 0 Å². The number of nitrogens with zero attached hydrogens (tertiary/aromatic N) is 4. The number of hydrogen-bond donors (Lipinski definition) is 1. The SMILES string of the molecule is C/C(=N\OCc1ccc(C)cc1)c1ccccc1OCc1nn[nH]n1. The van der Waals surface area contributed by atoms with Gasteiger partial charge in [-0.3, -0.25) is 0 Å². The molecule has 128 valence electrons. The van der Waals surface area contributed by atoms with Crippen LogP contribution in [0.15, 0.2) is 53.7 Å². The van der Waals surface area contributed by atoms with Gasteiger partial charge in [0.05, 0.1) is 5.71 Å². The van der Waals surface area contributed by atoms with Crippen molar-refractivity contribution in [2.24, 2.45) is 5.16 Å². The molecule has 0 aliphatic carbocycles. The lowest BCUT2D eigenvalue weighted by Crippen LogP contribution is -2.04. The maximum absolute atomic E-state index is 5.76. The number of aromatic nitrogens is 4. The van der Waals surface area contributed by atoms with Crippen LogP contribution >= 0.6 is 0 Å². The average molecular weight is 337 g/mol. The molecule has 0 saturated carbocycles. The third kappa shape index (κ3) is 4.63. The second kappa shape index (κ2) is 8.05. The third-order valence-electron chi connectivity index (χ3n) is 3.58. The van der Waals surface area contributed by atoms with Gasteiger partial charge in [0.15, 0.2) is 6.61 Å². The highest BCUT2D eigenvalue weighted by atomic mass is 16.6. The van der Waals surface area contributed by atoms with Gasteiger partial charge in [-0.25, -0.2) is 0 Å². The van der Waals surface area contributed by atoms with Crippen LogP contribution in [0.4, 0.5) is 0 Å². The number of para-hydroxylation sites is 1. The van der Waals surface area contributed by atoms with E-state index < -0.39 is 0 Å². The summed E-state index contributed by atoms with van der Waals surface area (Å²) in [6.45, 7) is 4.58. The molecule has 0 aliphatic rings. The molecule has 2 aromatic carbocycles. The van der Waals surface area contributed by atoms with Crippen LogP contribution in [0.1, 0.15) is 29.4 Å². The summed E-state index contributed by atoms with van der Waals surface area (Å²) >= 11 is 0. The number of oxime groups is 1. The van der Waals surface area contributed by atoms with Crippen LogP contribution in [-0.2, 0) is 18.1 Å². The highest BCUT2D eigenvalue weighted by Gasteiger charge is 2.08. The molecule has 1 aromatic heterocycles. The smallest absolute Gasteiger partial charge is 0.211 e. The average Bonchev–Trinajstić information content (AvgIpc) is 3.15. The second-order valence-corrected chi connectivity index (χ2v) is 5.55. The van der Waals surface area contributed by atoms with Crippen molar-refractivity contribution in [2.75, 3.05) is 0 Å². The van der Waals surface area contributed by atoms with E-state index in [2.05, 4.69) is 44.8 Å². The maximum atomic E-state index is 5.76. The Balaban J connectivity index is 1.64. The quantitative estimate of drug-likeness (QED) is 0.529. The van der Waals surface area contributed by atoms with Crippen molar-refractivity contribution < 1.29 is 9.57 Å². The fourth-order valence-electron chi connectivity index (χ4n) is 2.21. The molecule has 0 amide bonds. The first-order chi connectivity index (χ1) is 12.2. The predicted octanol–water partition coefficient (Wildman–Crippen LogP) is 3.03. The zero-order valence-corrected chi connectivity index (χ0v) is 14.1. The molecule has 0 unspecified atom stereocenters. The monoisotopic (exact) mass is 337 g/mol. The number of tetrazole rings is 1. The summed E-state index contributed by atoms with van der Waals surface area (Å²) in [5.41, 5.74) is 3.88. The highest BCUT2D eigenvalue weighted by Crippen LogP contribution is 2.20. The van der Waals surface area contributed by atoms with Crippen LogP contribution < -0.4 is 4.74 Å². The Morgan fingerprint density at radius 2 is 1.88 bits per heavy atom. The Morgan fingerprint density at radius 1 is 1.08 bits per heavy atom. The highest BCUT2D eigenvalue weighted by molar-refractivity contribution is 6.00. The van der Waals surface area contributed by atoms with Crippen LogP contribution in [0, 0.1) is 6.92 Å². The van der Waals surface area contributed by atoms with Gasteiger partial charge in [-0.1, -0.05) is 52.3 Å². The molecule has 3 aromatic rings. The fraction of sp³-hybridized carbons (Fsp3) is 0.222. The summed E-state index contributed by atoms with van der Waals surface area (Å²) in [5.74, 6) is 1.17. The van der Waals surface area contributed by atoms with Crippen molar-refractivity contribution in [3.8, 4) is 5.75 Å². The Labute approximate surface area is 145 Å². The molecule has 0 aliphatic heterocycles. The summed E-state index contributed by atoms with van der Waals surface area (Å²) in [4.78, 5) is 5.47. The van der Waals surface area contributed by atoms with Crippen LogP contribution in [0.2, 0.25) is 0 Å². The molecule has 0 spiro atoms. The van der Waals surface area contributed by atoms with Gasteiger partial charge < -0.3 is 9.57 Å². The van der Waals surface area contributed by atoms with Crippen molar-refractivity contribution in [1.29, 1.82) is 0 Å². The molecule has 3 rings (SSSR count). The van der Waals surface area contributed by atoms with Crippen molar-refractivity contribution in [2.45, 2.75) is 27.1 Å². The van der Waals surface area contributed by atoms with Crippen LogP contribution in [0.3, 0.4) is 0 Å². The van der Waals surface area contributed by atoms with Crippen molar-refractivity contribution in [1.82, 2.24) is 20.6 Å². The number of aromatic amines is 1. The Bertz CT molecular complexity index is 829. The van der Waals surface area contributed by atoms with Crippen molar-refractivity contribution in [3.05, 3.63) is 71.0 Å². The summed E-state index contributed by atoms with van der Waals surface area (Å²) in [6, 6.07) is 15.8. The van der Waals surface area contributed by atoms with Gasteiger partial charge in [0.25, 0.3) is 0 Å². The van der Waals surface area contributed by atoms with Gasteiger partial charge >= 0.3 is 0 Å². The molecule has 7 heteroatoms. The van der Waals surface area contributed by atoms with Gasteiger partial charge in [-0.15, -0.1) is 10.2 Å². The lowest BCUT2D eigenvalue weighted by atomic mass is 10.1. The molecule has 0 atom stereocenters. The summed E-state index contributed by atoms with van der Waals surface area (Å²) in [5, 5.41) is 17.8. The summed E-state index contributed by atoms with van der Waals surface area (Å²) < 4.78 is 5.76. The van der Waals surface area contributed by atoms with E-state index in [1.54, 1.807) is 0 Å². The topological polar surface area (TPSA) is 85.3 Å². The van der Waals surface area contributed by atoms with E-state index >= 15 is 0 Å². The number of aryl methyl sites for hydroxylation is 1. The van der Waals surface area contributed by atoms with Crippen LogP contribution in [0.5, 0.6) is 5.75 Å². The second-order valence-electron chi connectivity index (χ2n) is 5.55. The van der Waals surface area contributed by atoms with E-state index in [0.29, 0.717) is 18.2 Å². The normalized spacial score (nSPS) is 11.4. The number of benzene rings is 2. The van der Waals surface area contributed by atoms with Gasteiger partial charge in [0, 0.05) is 5.56 Å². The standard InChI is InChI=1S/C18H19N5O2/c1-13-7-9-15(10-8-13)11-25-21-14(2)16-5-3-4-6-17(16)24-12-18-19-22-23-20-18/h3-10H,11-12H2,1-2H3,(H,19,20,22,23)/b21-14+.